The van der Waals surface area contributed by atoms with E-state index < -0.39 is 41.3 Å². The van der Waals surface area contributed by atoms with E-state index in [1.807, 2.05) is 19.1 Å². The highest BCUT2D eigenvalue weighted by Crippen LogP contribution is 2.56. The predicted molar refractivity (Wildman–Crippen MR) is 208 cm³/mol. The number of amides is 5. The summed E-state index contributed by atoms with van der Waals surface area (Å²) in [5.74, 6) is -0.418. The van der Waals surface area contributed by atoms with Gasteiger partial charge in [0.05, 0.1) is 12.2 Å². The van der Waals surface area contributed by atoms with E-state index in [1.165, 1.54) is 22.9 Å². The molecular weight excluding hydrogens is 722 g/mol. The number of nitrogens with zero attached hydrogens (tertiary/aromatic N) is 2. The average Bonchev–Trinajstić information content (AvgIpc) is 3.94. The highest BCUT2D eigenvalue weighted by atomic mass is 32.2. The second kappa shape index (κ2) is 14.9. The molecule has 2 aromatic rings. The van der Waals surface area contributed by atoms with Gasteiger partial charge in [-0.25, -0.2) is 24.3 Å². The summed E-state index contributed by atoms with van der Waals surface area (Å²) in [5.41, 5.74) is 0.462. The molecule has 4 aliphatic carbocycles. The number of urea groups is 1. The van der Waals surface area contributed by atoms with Crippen LogP contribution in [-0.2, 0) is 20.7 Å². The van der Waals surface area contributed by atoms with E-state index in [-0.39, 0.29) is 41.3 Å². The molecule has 0 radical (unpaired) electrons. The van der Waals surface area contributed by atoms with Crippen LogP contribution in [0.3, 0.4) is 0 Å². The molecule has 296 valence electrons. The maximum atomic E-state index is 15.0. The first-order chi connectivity index (χ1) is 26.4. The summed E-state index contributed by atoms with van der Waals surface area (Å²) in [6, 6.07) is 2.26. The summed E-state index contributed by atoms with van der Waals surface area (Å²) < 4.78 is 30.7. The second-order valence-electron chi connectivity index (χ2n) is 17.3. The van der Waals surface area contributed by atoms with Gasteiger partial charge in [-0.3, -0.25) is 14.3 Å². The second-order valence-corrected chi connectivity index (χ2v) is 18.7. The number of rotatable bonds is 14. The van der Waals surface area contributed by atoms with Crippen molar-refractivity contribution < 1.29 is 33.0 Å². The lowest BCUT2D eigenvalue weighted by Crippen LogP contribution is -2.56. The number of carbonyl (C=O) groups is 4. The molecule has 11 nitrogen and oxygen atoms in total. The Morgan fingerprint density at radius 3 is 2.58 bits per heavy atom. The minimum Gasteiger partial charge on any atom is -0.483 e. The molecule has 8 rings (SSSR count). The van der Waals surface area contributed by atoms with E-state index >= 15 is 4.39 Å². The van der Waals surface area contributed by atoms with Crippen molar-refractivity contribution in [3.63, 3.8) is 0 Å². The highest BCUT2D eigenvalue weighted by Gasteiger charge is 2.58. The van der Waals surface area contributed by atoms with Crippen molar-refractivity contribution in [2.75, 3.05) is 6.54 Å². The normalized spacial score (nSPS) is 25.5. The Balaban J connectivity index is 1.06. The number of para-hydroxylation sites is 1. The van der Waals surface area contributed by atoms with Gasteiger partial charge in [-0.2, -0.15) is 0 Å². The van der Waals surface area contributed by atoms with Crippen LogP contribution < -0.4 is 20.1 Å². The molecule has 55 heavy (non-hydrogen) atoms. The number of unbranched alkanes of at least 4 members (excludes halogenated alkanes) is 3. The van der Waals surface area contributed by atoms with E-state index in [9.17, 15) is 19.2 Å². The van der Waals surface area contributed by atoms with Gasteiger partial charge in [0.1, 0.15) is 40.4 Å². The summed E-state index contributed by atoms with van der Waals surface area (Å²) in [5, 5.41) is 6.15. The topological polar surface area (TPSA) is 139 Å². The number of carbonyl (C=O) groups excluding carboxylic acids is 4. The Kier molecular flexibility index (Phi) is 10.3. The third kappa shape index (κ3) is 8.18. The highest BCUT2D eigenvalue weighted by molar-refractivity contribution is 7.99. The zero-order valence-corrected chi connectivity index (χ0v) is 33.0. The quantitative estimate of drug-likeness (QED) is 0.101. The summed E-state index contributed by atoms with van der Waals surface area (Å²) in [4.78, 5) is 61.7. The Labute approximate surface area is 326 Å². The van der Waals surface area contributed by atoms with Crippen LogP contribution in [0.5, 0.6) is 5.75 Å². The van der Waals surface area contributed by atoms with Crippen molar-refractivity contribution in [1.29, 1.82) is 0 Å². The number of allylic oxidation sites excluding steroid dienone is 1. The van der Waals surface area contributed by atoms with Crippen molar-refractivity contribution in [3.8, 4) is 5.75 Å². The van der Waals surface area contributed by atoms with Crippen LogP contribution in [0.1, 0.15) is 128 Å². The lowest BCUT2D eigenvalue weighted by Gasteiger charge is -2.37. The van der Waals surface area contributed by atoms with E-state index in [2.05, 4.69) is 35.3 Å². The number of aromatic nitrogens is 1. The largest absolute Gasteiger partial charge is 0.483 e. The zero-order valence-electron chi connectivity index (χ0n) is 32.2. The van der Waals surface area contributed by atoms with Gasteiger partial charge in [0.25, 0.3) is 5.91 Å². The van der Waals surface area contributed by atoms with Crippen molar-refractivity contribution in [2.45, 2.75) is 151 Å². The summed E-state index contributed by atoms with van der Waals surface area (Å²) in [6.07, 6.45) is 16.0. The molecule has 3 heterocycles. The minimum absolute atomic E-state index is 0.0107. The van der Waals surface area contributed by atoms with Crippen LogP contribution >= 0.6 is 11.9 Å². The average molecular weight is 776 g/mol. The van der Waals surface area contributed by atoms with Crippen molar-refractivity contribution in [1.82, 2.24) is 25.2 Å². The molecule has 13 heteroatoms. The van der Waals surface area contributed by atoms with Crippen molar-refractivity contribution in [2.24, 2.45) is 11.8 Å². The maximum Gasteiger partial charge on any atom is 0.415 e. The summed E-state index contributed by atoms with van der Waals surface area (Å²) in [7, 11) is 0. The summed E-state index contributed by atoms with van der Waals surface area (Å²) >= 11 is 1.39. The molecule has 1 saturated heterocycles. The fraction of sp³-hybridized carbons (Fsp3) is 0.643. The van der Waals surface area contributed by atoms with Crippen LogP contribution in [-0.4, -0.2) is 68.4 Å². The van der Waals surface area contributed by atoms with E-state index in [1.54, 1.807) is 6.07 Å². The van der Waals surface area contributed by atoms with E-state index in [0.29, 0.717) is 41.1 Å². The number of aryl methyl sites for hydroxylation is 1. The van der Waals surface area contributed by atoms with Gasteiger partial charge in [0, 0.05) is 34.0 Å². The number of likely N-dealkylation sites (tertiary alicyclic amines) is 1. The molecule has 1 aromatic carbocycles. The first-order valence-electron chi connectivity index (χ1n) is 20.5. The monoisotopic (exact) mass is 775 g/mol. The molecule has 2 unspecified atom stereocenters. The molecule has 1 aromatic heterocycles. The molecule has 5 fully saturated rings. The summed E-state index contributed by atoms with van der Waals surface area (Å²) in [6.45, 7) is 6.19. The SMILES string of the molecule is CCCCC/C=C\[C@H](C)C(NC(=O)C1C[C@]2(CCc3c(c(C4CC4)nc4c(F)cccc34)O2)CN1C(=O)NC(=O)OC1(C2CC2)CC1)C(=O)NSC1(C)CC1. The molecule has 5 amide bonds. The molecular formula is C42H54FN5O6S. The number of halogens is 1. The molecule has 2 aliphatic heterocycles. The molecule has 4 saturated carbocycles. The number of hydrogen-bond acceptors (Lipinski definition) is 8. The lowest BCUT2D eigenvalue weighted by molar-refractivity contribution is -0.130. The van der Waals surface area contributed by atoms with Gasteiger partial charge >= 0.3 is 12.1 Å². The first-order valence-corrected chi connectivity index (χ1v) is 21.3. The van der Waals surface area contributed by atoms with Gasteiger partial charge in [0.2, 0.25) is 5.91 Å². The fourth-order valence-corrected chi connectivity index (χ4v) is 9.20. The van der Waals surface area contributed by atoms with E-state index in [0.717, 1.165) is 82.6 Å². The van der Waals surface area contributed by atoms with Gasteiger partial charge in [-0.15, -0.1) is 0 Å². The van der Waals surface area contributed by atoms with E-state index in [4.69, 9.17) is 14.5 Å². The van der Waals surface area contributed by atoms with Gasteiger partial charge < -0.3 is 19.7 Å². The number of ether oxygens (including phenoxy) is 2. The number of imide groups is 1. The number of fused-ring (bicyclic) bond motifs is 3. The molecule has 1 spiro atoms. The van der Waals surface area contributed by atoms with Crippen LogP contribution in [0.15, 0.2) is 30.4 Å². The predicted octanol–water partition coefficient (Wildman–Crippen LogP) is 7.75. The minimum atomic E-state index is -1.05. The number of benzene rings is 1. The maximum absolute atomic E-state index is 15.0. The molecule has 3 N–H and O–H groups in total. The van der Waals surface area contributed by atoms with Gasteiger partial charge in [0.15, 0.2) is 0 Å². The van der Waals surface area contributed by atoms with Crippen LogP contribution in [0, 0.1) is 17.7 Å². The third-order valence-corrected chi connectivity index (χ3v) is 13.8. The van der Waals surface area contributed by atoms with Crippen LogP contribution in [0.25, 0.3) is 10.9 Å². The smallest absolute Gasteiger partial charge is 0.415 e. The van der Waals surface area contributed by atoms with Crippen molar-refractivity contribution in [3.05, 3.63) is 47.4 Å². The van der Waals surface area contributed by atoms with Crippen molar-refractivity contribution >= 4 is 46.8 Å². The molecule has 0 bridgehead atoms. The fourth-order valence-electron chi connectivity index (χ4n) is 8.42. The van der Waals surface area contributed by atoms with Gasteiger partial charge in [-0.1, -0.05) is 51.0 Å². The molecule has 4 atom stereocenters. The number of pyridine rings is 1. The number of hydrogen-bond donors (Lipinski definition) is 3. The Morgan fingerprint density at radius 1 is 1.11 bits per heavy atom. The Bertz CT molecular complexity index is 1890. The Morgan fingerprint density at radius 2 is 1.89 bits per heavy atom. The van der Waals surface area contributed by atoms with Crippen LogP contribution in [0.4, 0.5) is 14.0 Å². The van der Waals surface area contributed by atoms with Crippen LogP contribution in [0.2, 0.25) is 0 Å². The van der Waals surface area contributed by atoms with Gasteiger partial charge in [-0.05, 0) is 108 Å². The molecule has 6 aliphatic rings. The first kappa shape index (κ1) is 38.0. The Hall–Kier alpha value is -3.87. The third-order valence-electron chi connectivity index (χ3n) is 12.6. The number of alkyl carbamates (subject to hydrolysis) is 1. The zero-order chi connectivity index (χ0) is 38.5. The standard InChI is InChI=1S/C42H54FN5O6S/c1-4-5-6-7-8-10-25(2)32(37(50)47-55-40(3)19-20-40)45-36(49)31-23-41(24-48(31)38(51)46-39(52)54-42(21-22-42)27-15-16-27)18-17-29-28-11-9-12-30(43)34(28)44-33(26-13-14-26)35(29)53-41/h8-12,25-27,31-32H,4-7,13-24H2,1-3H3,(H,45,49)(H,47,50)(H,46,51,52)/b10-8-/t25-,31?,32?,41+/m0/s1. The lowest BCUT2D eigenvalue weighted by atomic mass is 9.86. The number of nitrogens with one attached hydrogen (secondary N) is 3.